The van der Waals surface area contributed by atoms with E-state index in [0.29, 0.717) is 12.0 Å². The Morgan fingerprint density at radius 2 is 2.06 bits per heavy atom. The smallest absolute Gasteiger partial charge is 0.223 e. The fraction of sp³-hybridized carbons (Fsp3) is 0.923. The molecule has 2 N–H and O–H groups in total. The molecule has 1 aliphatic heterocycles. The molecule has 94 valence electrons. The lowest BCUT2D eigenvalue weighted by Gasteiger charge is -2.28. The first-order valence-electron chi connectivity index (χ1n) is 6.68. The van der Waals surface area contributed by atoms with Gasteiger partial charge in [0.1, 0.15) is 0 Å². The van der Waals surface area contributed by atoms with E-state index in [4.69, 9.17) is 0 Å². The van der Waals surface area contributed by atoms with Gasteiger partial charge in [0, 0.05) is 18.5 Å². The van der Waals surface area contributed by atoms with Crippen LogP contribution in [-0.4, -0.2) is 25.0 Å². The van der Waals surface area contributed by atoms with E-state index in [-0.39, 0.29) is 11.8 Å². The highest BCUT2D eigenvalue weighted by atomic mass is 16.1. The van der Waals surface area contributed by atoms with Gasteiger partial charge in [0.2, 0.25) is 5.91 Å². The van der Waals surface area contributed by atoms with Gasteiger partial charge in [-0.25, -0.2) is 0 Å². The lowest BCUT2D eigenvalue weighted by Crippen LogP contribution is -2.43. The molecule has 3 nitrogen and oxygen atoms in total. The number of piperidine rings is 1. The van der Waals surface area contributed by atoms with Crippen molar-refractivity contribution in [2.24, 2.45) is 11.8 Å². The first kappa shape index (κ1) is 13.5. The van der Waals surface area contributed by atoms with Crippen LogP contribution in [0.4, 0.5) is 0 Å². The summed E-state index contributed by atoms with van der Waals surface area (Å²) in [5.74, 6) is 1.06. The molecule has 3 heteroatoms. The highest BCUT2D eigenvalue weighted by Gasteiger charge is 2.19. The van der Waals surface area contributed by atoms with Gasteiger partial charge in [-0.3, -0.25) is 4.79 Å². The highest BCUT2D eigenvalue weighted by molar-refractivity contribution is 5.78. The molecule has 2 atom stereocenters. The summed E-state index contributed by atoms with van der Waals surface area (Å²) in [5, 5.41) is 6.55. The zero-order valence-electron chi connectivity index (χ0n) is 10.9. The van der Waals surface area contributed by atoms with E-state index in [1.165, 1.54) is 12.8 Å². The van der Waals surface area contributed by atoms with E-state index in [1.54, 1.807) is 0 Å². The Labute approximate surface area is 99.4 Å². The van der Waals surface area contributed by atoms with E-state index in [9.17, 15) is 4.79 Å². The SMILES string of the molecule is CCC(CC)C(=O)NCC1CCC(C)NC1. The quantitative estimate of drug-likeness (QED) is 0.752. The summed E-state index contributed by atoms with van der Waals surface area (Å²) in [4.78, 5) is 11.8. The van der Waals surface area contributed by atoms with Crippen molar-refractivity contribution in [2.75, 3.05) is 13.1 Å². The Bertz CT molecular complexity index is 206. The summed E-state index contributed by atoms with van der Waals surface area (Å²) in [6.45, 7) is 8.27. The van der Waals surface area contributed by atoms with Crippen molar-refractivity contribution < 1.29 is 4.79 Å². The van der Waals surface area contributed by atoms with Gasteiger partial charge in [-0.1, -0.05) is 13.8 Å². The van der Waals surface area contributed by atoms with Crippen LogP contribution in [-0.2, 0) is 4.79 Å². The van der Waals surface area contributed by atoms with Crippen LogP contribution in [0.2, 0.25) is 0 Å². The third kappa shape index (κ3) is 4.12. The van der Waals surface area contributed by atoms with Crippen molar-refractivity contribution in [2.45, 2.75) is 52.5 Å². The number of carbonyl (C=O) groups excluding carboxylic acids is 1. The highest BCUT2D eigenvalue weighted by Crippen LogP contribution is 2.14. The molecule has 0 aromatic heterocycles. The zero-order valence-corrected chi connectivity index (χ0v) is 10.9. The maximum Gasteiger partial charge on any atom is 0.223 e. The van der Waals surface area contributed by atoms with Crippen molar-refractivity contribution in [1.82, 2.24) is 10.6 Å². The minimum atomic E-state index is 0.204. The average molecular weight is 226 g/mol. The number of hydrogen-bond donors (Lipinski definition) is 2. The summed E-state index contributed by atoms with van der Waals surface area (Å²) in [7, 11) is 0. The molecule has 0 bridgehead atoms. The van der Waals surface area contributed by atoms with Crippen LogP contribution < -0.4 is 10.6 Å². The third-order valence-corrected chi connectivity index (χ3v) is 3.68. The van der Waals surface area contributed by atoms with Gasteiger partial charge < -0.3 is 10.6 Å². The standard InChI is InChI=1S/C13H26N2O/c1-4-12(5-2)13(16)15-9-11-7-6-10(3)14-8-11/h10-12,14H,4-9H2,1-3H3,(H,15,16). The number of carbonyl (C=O) groups is 1. The second-order valence-corrected chi connectivity index (χ2v) is 5.01. The molecule has 1 saturated heterocycles. The Morgan fingerprint density at radius 3 is 2.56 bits per heavy atom. The van der Waals surface area contributed by atoms with Crippen molar-refractivity contribution in [3.05, 3.63) is 0 Å². The molecule has 0 aromatic carbocycles. The van der Waals surface area contributed by atoms with Gasteiger partial charge in [0.15, 0.2) is 0 Å². The zero-order chi connectivity index (χ0) is 12.0. The van der Waals surface area contributed by atoms with E-state index in [1.807, 2.05) is 0 Å². The van der Waals surface area contributed by atoms with E-state index >= 15 is 0 Å². The van der Waals surface area contributed by atoms with Gasteiger partial charge in [-0.05, 0) is 45.1 Å². The van der Waals surface area contributed by atoms with Crippen LogP contribution in [0, 0.1) is 11.8 Å². The third-order valence-electron chi connectivity index (χ3n) is 3.68. The molecule has 16 heavy (non-hydrogen) atoms. The van der Waals surface area contributed by atoms with Crippen molar-refractivity contribution in [3.8, 4) is 0 Å². The summed E-state index contributed by atoms with van der Waals surface area (Å²) in [6.07, 6.45) is 4.35. The first-order chi connectivity index (χ1) is 7.67. The van der Waals surface area contributed by atoms with Gasteiger partial charge >= 0.3 is 0 Å². The fourth-order valence-corrected chi connectivity index (χ4v) is 2.28. The van der Waals surface area contributed by atoms with E-state index < -0.39 is 0 Å². The Morgan fingerprint density at radius 1 is 1.38 bits per heavy atom. The maximum absolute atomic E-state index is 11.8. The van der Waals surface area contributed by atoms with E-state index in [0.717, 1.165) is 25.9 Å². The predicted molar refractivity (Wildman–Crippen MR) is 67.3 cm³/mol. The Hall–Kier alpha value is -0.570. The molecule has 0 aliphatic carbocycles. The number of hydrogen-bond acceptors (Lipinski definition) is 2. The van der Waals surface area contributed by atoms with Crippen LogP contribution in [0.5, 0.6) is 0 Å². The molecule has 0 radical (unpaired) electrons. The second-order valence-electron chi connectivity index (χ2n) is 5.01. The van der Waals surface area contributed by atoms with Crippen molar-refractivity contribution in [3.63, 3.8) is 0 Å². The fourth-order valence-electron chi connectivity index (χ4n) is 2.28. The molecule has 0 saturated carbocycles. The lowest BCUT2D eigenvalue weighted by atomic mass is 9.95. The second kappa shape index (κ2) is 6.89. The number of rotatable bonds is 5. The number of nitrogens with one attached hydrogen (secondary N) is 2. The predicted octanol–water partition coefficient (Wildman–Crippen LogP) is 1.93. The molecule has 1 fully saturated rings. The van der Waals surface area contributed by atoms with Gasteiger partial charge in [-0.15, -0.1) is 0 Å². The largest absolute Gasteiger partial charge is 0.356 e. The molecule has 0 spiro atoms. The average Bonchev–Trinajstić information content (AvgIpc) is 2.30. The summed E-state index contributed by atoms with van der Waals surface area (Å²) >= 11 is 0. The van der Waals surface area contributed by atoms with Crippen LogP contribution in [0.25, 0.3) is 0 Å². The van der Waals surface area contributed by atoms with Crippen molar-refractivity contribution >= 4 is 5.91 Å². The van der Waals surface area contributed by atoms with Crippen LogP contribution in [0.3, 0.4) is 0 Å². The maximum atomic E-state index is 11.8. The van der Waals surface area contributed by atoms with Crippen LogP contribution in [0.15, 0.2) is 0 Å². The van der Waals surface area contributed by atoms with E-state index in [2.05, 4.69) is 31.4 Å². The Kier molecular flexibility index (Phi) is 5.81. The van der Waals surface area contributed by atoms with Crippen molar-refractivity contribution in [1.29, 1.82) is 0 Å². The molecule has 1 rings (SSSR count). The topological polar surface area (TPSA) is 41.1 Å². The first-order valence-corrected chi connectivity index (χ1v) is 6.68. The monoisotopic (exact) mass is 226 g/mol. The molecular formula is C13H26N2O. The van der Waals surface area contributed by atoms with Gasteiger partial charge in [-0.2, -0.15) is 0 Å². The Balaban J connectivity index is 2.21. The summed E-state index contributed by atoms with van der Waals surface area (Å²) in [6, 6.07) is 0.644. The summed E-state index contributed by atoms with van der Waals surface area (Å²) in [5.41, 5.74) is 0. The lowest BCUT2D eigenvalue weighted by molar-refractivity contribution is -0.125. The summed E-state index contributed by atoms with van der Waals surface area (Å²) < 4.78 is 0. The van der Waals surface area contributed by atoms with Crippen LogP contribution >= 0.6 is 0 Å². The molecular weight excluding hydrogens is 200 g/mol. The molecule has 2 unspecified atom stereocenters. The number of amides is 1. The molecule has 1 amide bonds. The molecule has 1 aliphatic rings. The molecule has 1 heterocycles. The minimum absolute atomic E-state index is 0.204. The van der Waals surface area contributed by atoms with Gasteiger partial charge in [0.25, 0.3) is 0 Å². The molecule has 0 aromatic rings. The normalized spacial score (nSPS) is 25.8. The van der Waals surface area contributed by atoms with Crippen LogP contribution in [0.1, 0.15) is 46.5 Å². The van der Waals surface area contributed by atoms with Gasteiger partial charge in [0.05, 0.1) is 0 Å². The minimum Gasteiger partial charge on any atom is -0.356 e.